The maximum atomic E-state index is 12.9. The number of alkyl halides is 3. The van der Waals surface area contributed by atoms with Gasteiger partial charge in [0.15, 0.2) is 0 Å². The maximum absolute atomic E-state index is 12.9. The SMILES string of the molecule is O=C(C=Cc1cccc(C(F)(F)F)c1)N1CCN(C(c2ccccc2)c2ccccc2)CC1. The lowest BCUT2D eigenvalue weighted by Crippen LogP contribution is -2.49. The third-order valence-corrected chi connectivity index (χ3v) is 5.85. The van der Waals surface area contributed by atoms with Crippen LogP contribution in [-0.2, 0) is 11.0 Å². The van der Waals surface area contributed by atoms with E-state index in [1.165, 1.54) is 29.3 Å². The summed E-state index contributed by atoms with van der Waals surface area (Å²) in [6, 6.07) is 25.7. The number of nitrogens with zero attached hydrogens (tertiary/aromatic N) is 2. The molecule has 6 heteroatoms. The van der Waals surface area contributed by atoms with Crippen LogP contribution in [0.4, 0.5) is 13.2 Å². The molecular formula is C27H25F3N2O. The number of benzene rings is 3. The van der Waals surface area contributed by atoms with E-state index in [1.807, 2.05) is 36.4 Å². The molecule has 1 fully saturated rings. The predicted molar refractivity (Wildman–Crippen MR) is 123 cm³/mol. The van der Waals surface area contributed by atoms with Gasteiger partial charge in [-0.2, -0.15) is 13.2 Å². The summed E-state index contributed by atoms with van der Waals surface area (Å²) < 4.78 is 38.7. The van der Waals surface area contributed by atoms with Crippen molar-refractivity contribution in [2.24, 2.45) is 0 Å². The molecule has 3 nitrogen and oxygen atoms in total. The molecule has 0 aromatic heterocycles. The molecule has 0 N–H and O–H groups in total. The fourth-order valence-corrected chi connectivity index (χ4v) is 4.18. The number of amides is 1. The first-order valence-corrected chi connectivity index (χ1v) is 10.9. The lowest BCUT2D eigenvalue weighted by Gasteiger charge is -2.39. The van der Waals surface area contributed by atoms with Crippen LogP contribution in [0.15, 0.2) is 91.0 Å². The molecule has 170 valence electrons. The van der Waals surface area contributed by atoms with Gasteiger partial charge in [0.2, 0.25) is 5.91 Å². The van der Waals surface area contributed by atoms with E-state index >= 15 is 0 Å². The maximum Gasteiger partial charge on any atom is 0.416 e. The molecule has 0 aliphatic carbocycles. The van der Waals surface area contributed by atoms with Crippen LogP contribution in [0.3, 0.4) is 0 Å². The minimum absolute atomic E-state index is 0.102. The van der Waals surface area contributed by atoms with Crippen molar-refractivity contribution in [3.63, 3.8) is 0 Å². The molecular weight excluding hydrogens is 425 g/mol. The zero-order valence-electron chi connectivity index (χ0n) is 18.1. The van der Waals surface area contributed by atoms with E-state index in [1.54, 1.807) is 11.0 Å². The van der Waals surface area contributed by atoms with Crippen molar-refractivity contribution in [1.82, 2.24) is 9.80 Å². The number of hydrogen-bond acceptors (Lipinski definition) is 2. The molecule has 1 aliphatic heterocycles. The topological polar surface area (TPSA) is 23.6 Å². The first-order chi connectivity index (χ1) is 15.9. The second-order valence-corrected chi connectivity index (χ2v) is 8.04. The summed E-state index contributed by atoms with van der Waals surface area (Å²) in [6.45, 7) is 2.53. The molecule has 3 aromatic carbocycles. The van der Waals surface area contributed by atoms with Gasteiger partial charge in [-0.3, -0.25) is 9.69 Å². The standard InChI is InChI=1S/C27H25F3N2O/c28-27(29,30)24-13-7-8-21(20-24)14-15-25(33)31-16-18-32(19-17-31)26(22-9-3-1-4-10-22)23-11-5-2-6-12-23/h1-15,20,26H,16-19H2. The van der Waals surface area contributed by atoms with E-state index in [9.17, 15) is 18.0 Å². The summed E-state index contributed by atoms with van der Waals surface area (Å²) in [4.78, 5) is 16.8. The van der Waals surface area contributed by atoms with Crippen molar-refractivity contribution < 1.29 is 18.0 Å². The van der Waals surface area contributed by atoms with Gasteiger partial charge >= 0.3 is 6.18 Å². The van der Waals surface area contributed by atoms with Crippen molar-refractivity contribution in [3.8, 4) is 0 Å². The largest absolute Gasteiger partial charge is 0.416 e. The molecule has 1 aliphatic rings. The van der Waals surface area contributed by atoms with E-state index in [4.69, 9.17) is 0 Å². The molecule has 3 aromatic rings. The normalized spacial score (nSPS) is 15.3. The van der Waals surface area contributed by atoms with Gasteiger partial charge in [0.25, 0.3) is 0 Å². The van der Waals surface area contributed by atoms with Crippen molar-refractivity contribution >= 4 is 12.0 Å². The molecule has 1 heterocycles. The molecule has 0 bridgehead atoms. The van der Waals surface area contributed by atoms with Crippen LogP contribution < -0.4 is 0 Å². The number of carbonyl (C=O) groups excluding carboxylic acids is 1. The van der Waals surface area contributed by atoms with Crippen LogP contribution in [0.2, 0.25) is 0 Å². The molecule has 0 unspecified atom stereocenters. The summed E-state index contributed by atoms with van der Waals surface area (Å²) in [6.07, 6.45) is -1.60. The minimum atomic E-state index is -4.40. The van der Waals surface area contributed by atoms with Crippen molar-refractivity contribution in [2.75, 3.05) is 26.2 Å². The monoisotopic (exact) mass is 450 g/mol. The van der Waals surface area contributed by atoms with Crippen LogP contribution in [0.25, 0.3) is 6.08 Å². The molecule has 0 atom stereocenters. The molecule has 1 amide bonds. The van der Waals surface area contributed by atoms with Crippen LogP contribution in [0.5, 0.6) is 0 Å². The van der Waals surface area contributed by atoms with Crippen LogP contribution in [0.1, 0.15) is 28.3 Å². The highest BCUT2D eigenvalue weighted by molar-refractivity contribution is 5.91. The van der Waals surface area contributed by atoms with Gasteiger partial charge in [-0.25, -0.2) is 0 Å². The highest BCUT2D eigenvalue weighted by Crippen LogP contribution is 2.30. The van der Waals surface area contributed by atoms with Gasteiger partial charge in [-0.05, 0) is 34.9 Å². The van der Waals surface area contributed by atoms with Crippen LogP contribution >= 0.6 is 0 Å². The zero-order chi connectivity index (χ0) is 23.3. The number of rotatable bonds is 5. The Balaban J connectivity index is 1.42. The molecule has 0 radical (unpaired) electrons. The molecule has 0 saturated carbocycles. The smallest absolute Gasteiger partial charge is 0.337 e. The third kappa shape index (κ3) is 5.71. The highest BCUT2D eigenvalue weighted by Gasteiger charge is 2.30. The lowest BCUT2D eigenvalue weighted by molar-refractivity contribution is -0.137. The number of halogens is 3. The Bertz CT molecular complexity index is 1050. The van der Waals surface area contributed by atoms with Crippen molar-refractivity contribution in [1.29, 1.82) is 0 Å². The molecule has 4 rings (SSSR count). The van der Waals surface area contributed by atoms with Crippen molar-refractivity contribution in [3.05, 3.63) is 113 Å². The number of carbonyl (C=O) groups is 1. The average molecular weight is 451 g/mol. The summed E-state index contributed by atoms with van der Waals surface area (Å²) in [5.41, 5.74) is 2.03. The summed E-state index contributed by atoms with van der Waals surface area (Å²) >= 11 is 0. The fraction of sp³-hybridized carbons (Fsp3) is 0.222. The first kappa shape index (κ1) is 22.8. The van der Waals surface area contributed by atoms with Crippen LogP contribution in [-0.4, -0.2) is 41.9 Å². The Morgan fingerprint density at radius 3 is 1.91 bits per heavy atom. The Morgan fingerprint density at radius 2 is 1.36 bits per heavy atom. The fourth-order valence-electron chi connectivity index (χ4n) is 4.18. The van der Waals surface area contributed by atoms with Gasteiger partial charge in [0.05, 0.1) is 11.6 Å². The van der Waals surface area contributed by atoms with E-state index in [2.05, 4.69) is 29.2 Å². The van der Waals surface area contributed by atoms with Gasteiger partial charge < -0.3 is 4.90 Å². The van der Waals surface area contributed by atoms with E-state index in [0.29, 0.717) is 31.7 Å². The van der Waals surface area contributed by atoms with Gasteiger partial charge in [0, 0.05) is 32.3 Å². The van der Waals surface area contributed by atoms with Crippen molar-refractivity contribution in [2.45, 2.75) is 12.2 Å². The molecule has 33 heavy (non-hydrogen) atoms. The van der Waals surface area contributed by atoms with Crippen LogP contribution in [0, 0.1) is 0 Å². The Morgan fingerprint density at radius 1 is 0.788 bits per heavy atom. The second kappa shape index (κ2) is 10.0. The minimum Gasteiger partial charge on any atom is -0.337 e. The van der Waals surface area contributed by atoms with E-state index < -0.39 is 11.7 Å². The lowest BCUT2D eigenvalue weighted by atomic mass is 9.96. The third-order valence-electron chi connectivity index (χ3n) is 5.85. The second-order valence-electron chi connectivity index (χ2n) is 8.04. The Hall–Kier alpha value is -3.38. The Labute approximate surface area is 191 Å². The molecule has 1 saturated heterocycles. The quantitative estimate of drug-likeness (QED) is 0.469. The molecule has 0 spiro atoms. The Kier molecular flexibility index (Phi) is 6.94. The average Bonchev–Trinajstić information content (AvgIpc) is 2.84. The summed E-state index contributed by atoms with van der Waals surface area (Å²) in [5.74, 6) is -0.192. The highest BCUT2D eigenvalue weighted by atomic mass is 19.4. The summed E-state index contributed by atoms with van der Waals surface area (Å²) in [5, 5.41) is 0. The first-order valence-electron chi connectivity index (χ1n) is 10.9. The zero-order valence-corrected chi connectivity index (χ0v) is 18.1. The summed E-state index contributed by atoms with van der Waals surface area (Å²) in [7, 11) is 0. The predicted octanol–water partition coefficient (Wildman–Crippen LogP) is 5.65. The van der Waals surface area contributed by atoms with E-state index in [-0.39, 0.29) is 11.9 Å². The number of hydrogen-bond donors (Lipinski definition) is 0. The van der Waals surface area contributed by atoms with Gasteiger partial charge in [-0.15, -0.1) is 0 Å². The number of piperazine rings is 1. The van der Waals surface area contributed by atoms with Gasteiger partial charge in [0.1, 0.15) is 0 Å². The van der Waals surface area contributed by atoms with Gasteiger partial charge in [-0.1, -0.05) is 72.8 Å². The van der Waals surface area contributed by atoms with E-state index in [0.717, 1.165) is 12.1 Å².